The zero-order valence-corrected chi connectivity index (χ0v) is 14.8. The zero-order valence-electron chi connectivity index (χ0n) is 14.8. The van der Waals surface area contributed by atoms with Gasteiger partial charge in [-0.15, -0.1) is 0 Å². The number of aliphatic hydroxyl groups is 1. The van der Waals surface area contributed by atoms with Crippen LogP contribution in [0, 0.1) is 0 Å². The average molecular weight is 352 g/mol. The first-order valence-electron chi connectivity index (χ1n) is 8.15. The van der Waals surface area contributed by atoms with Crippen LogP contribution in [-0.4, -0.2) is 28.7 Å². The predicted molar refractivity (Wildman–Crippen MR) is 99.8 cm³/mol. The molecule has 134 valence electrons. The minimum absolute atomic E-state index is 0.0262. The normalized spacial score (nSPS) is 15.1. The molecule has 2 N–H and O–H groups in total. The molecule has 5 heteroatoms. The number of carbonyl (C=O) groups is 1. The number of phenolic OH excluding ortho intramolecular Hbond substituents is 1. The fourth-order valence-corrected chi connectivity index (χ4v) is 2.77. The van der Waals surface area contributed by atoms with Crippen LogP contribution in [0.3, 0.4) is 0 Å². The summed E-state index contributed by atoms with van der Waals surface area (Å²) in [7, 11) is 1.41. The Balaban J connectivity index is 2.06. The van der Waals surface area contributed by atoms with E-state index in [9.17, 15) is 15.0 Å². The van der Waals surface area contributed by atoms with E-state index in [1.165, 1.54) is 7.11 Å². The summed E-state index contributed by atoms with van der Waals surface area (Å²) in [5, 5.41) is 20.8. The van der Waals surface area contributed by atoms with Crippen LogP contribution in [0.5, 0.6) is 17.2 Å². The zero-order chi connectivity index (χ0) is 18.9. The highest BCUT2D eigenvalue weighted by molar-refractivity contribution is 6.12. The van der Waals surface area contributed by atoms with Crippen LogP contribution in [0.2, 0.25) is 0 Å². The van der Waals surface area contributed by atoms with Crippen LogP contribution in [0.25, 0.3) is 11.8 Å². The minimum atomic E-state index is -0.568. The highest BCUT2D eigenvalue weighted by atomic mass is 16.5. The second-order valence-electron chi connectivity index (χ2n) is 6.51. The van der Waals surface area contributed by atoms with Gasteiger partial charge < -0.3 is 19.7 Å². The van der Waals surface area contributed by atoms with Gasteiger partial charge in [0.25, 0.3) is 0 Å². The largest absolute Gasteiger partial charge is 0.507 e. The average Bonchev–Trinajstić information content (AvgIpc) is 2.60. The molecule has 0 aliphatic carbocycles. The first-order chi connectivity index (χ1) is 12.3. The Kier molecular flexibility index (Phi) is 4.47. The fraction of sp³-hybridized carbons (Fsp3) is 0.190. The van der Waals surface area contributed by atoms with E-state index < -0.39 is 11.4 Å². The molecule has 1 aliphatic heterocycles. The molecular weight excluding hydrogens is 332 g/mol. The maximum atomic E-state index is 12.7. The number of ketones is 1. The number of carbonyl (C=O) groups excluding carboxylic acids is 1. The lowest BCUT2D eigenvalue weighted by Crippen LogP contribution is -2.27. The van der Waals surface area contributed by atoms with Gasteiger partial charge in [0.2, 0.25) is 0 Å². The van der Waals surface area contributed by atoms with E-state index in [-0.39, 0.29) is 22.8 Å². The Hall–Kier alpha value is -3.21. The van der Waals surface area contributed by atoms with Crippen molar-refractivity contribution in [1.82, 2.24) is 0 Å². The number of rotatable bonds is 4. The number of hydrogen-bond donors (Lipinski definition) is 2. The lowest BCUT2D eigenvalue weighted by atomic mass is 9.97. The van der Waals surface area contributed by atoms with Crippen molar-refractivity contribution in [3.05, 3.63) is 65.2 Å². The maximum Gasteiger partial charge on any atom is 0.197 e. The van der Waals surface area contributed by atoms with Gasteiger partial charge in [-0.05, 0) is 26.0 Å². The van der Waals surface area contributed by atoms with Crippen LogP contribution in [0.1, 0.15) is 35.3 Å². The number of ether oxygens (including phenoxy) is 2. The van der Waals surface area contributed by atoms with Crippen molar-refractivity contribution in [3.8, 4) is 17.2 Å². The number of fused-ring (bicyclic) bond motifs is 1. The summed E-state index contributed by atoms with van der Waals surface area (Å²) in [4.78, 5) is 12.7. The molecule has 0 fully saturated rings. The van der Waals surface area contributed by atoms with Crippen LogP contribution >= 0.6 is 0 Å². The molecule has 0 radical (unpaired) electrons. The van der Waals surface area contributed by atoms with Gasteiger partial charge in [0, 0.05) is 17.7 Å². The van der Waals surface area contributed by atoms with Gasteiger partial charge in [0.1, 0.15) is 34.2 Å². The standard InChI is InChI=1S/C21H20O5/c1-21(2)10-9-14-17(26-21)12-18(25-3)19(20(14)24)16(23)11-15(22)13-7-5-4-6-8-13/h4-12,22,24H,1-3H3. The van der Waals surface area contributed by atoms with Crippen LogP contribution in [0.4, 0.5) is 0 Å². The molecule has 0 saturated carbocycles. The third-order valence-electron chi connectivity index (χ3n) is 4.09. The molecule has 0 amide bonds. The summed E-state index contributed by atoms with van der Waals surface area (Å²) in [6.07, 6.45) is 4.58. The van der Waals surface area contributed by atoms with Crippen LogP contribution in [0.15, 0.2) is 48.6 Å². The third-order valence-corrected chi connectivity index (χ3v) is 4.09. The molecule has 26 heavy (non-hydrogen) atoms. The van der Waals surface area contributed by atoms with Gasteiger partial charge in [-0.1, -0.05) is 30.3 Å². The Labute approximate surface area is 151 Å². The number of hydrogen-bond acceptors (Lipinski definition) is 5. The molecule has 0 bridgehead atoms. The summed E-state index contributed by atoms with van der Waals surface area (Å²) < 4.78 is 11.1. The molecule has 5 nitrogen and oxygen atoms in total. The van der Waals surface area contributed by atoms with E-state index >= 15 is 0 Å². The molecule has 0 unspecified atom stereocenters. The third kappa shape index (κ3) is 3.28. The molecule has 2 aromatic carbocycles. The minimum Gasteiger partial charge on any atom is -0.507 e. The number of aliphatic hydroxyl groups excluding tert-OH is 1. The van der Waals surface area contributed by atoms with E-state index in [4.69, 9.17) is 9.47 Å². The van der Waals surface area contributed by atoms with Gasteiger partial charge in [0.15, 0.2) is 5.78 Å². The maximum absolute atomic E-state index is 12.7. The first kappa shape index (κ1) is 17.6. The number of allylic oxidation sites excluding steroid dienone is 1. The number of phenols is 1. The molecule has 0 atom stereocenters. The van der Waals surface area contributed by atoms with Crippen molar-refractivity contribution in [2.75, 3.05) is 7.11 Å². The van der Waals surface area contributed by atoms with E-state index in [1.54, 1.807) is 42.5 Å². The lowest BCUT2D eigenvalue weighted by Gasteiger charge is -2.29. The fourth-order valence-electron chi connectivity index (χ4n) is 2.77. The summed E-state index contributed by atoms with van der Waals surface area (Å²) in [5.41, 5.74) is 0.353. The van der Waals surface area contributed by atoms with Crippen LogP contribution in [-0.2, 0) is 0 Å². The van der Waals surface area contributed by atoms with E-state index in [2.05, 4.69) is 0 Å². The molecule has 1 heterocycles. The van der Waals surface area contributed by atoms with E-state index in [1.807, 2.05) is 19.9 Å². The van der Waals surface area contributed by atoms with E-state index in [0.717, 1.165) is 6.08 Å². The van der Waals surface area contributed by atoms with Crippen molar-refractivity contribution in [1.29, 1.82) is 0 Å². The molecule has 3 rings (SSSR count). The second kappa shape index (κ2) is 6.59. The molecule has 0 saturated heterocycles. The van der Waals surface area contributed by atoms with Crippen LogP contribution < -0.4 is 9.47 Å². The van der Waals surface area contributed by atoms with Gasteiger partial charge >= 0.3 is 0 Å². The summed E-state index contributed by atoms with van der Waals surface area (Å²) in [6.45, 7) is 3.77. The van der Waals surface area contributed by atoms with Crippen molar-refractivity contribution >= 4 is 17.6 Å². The Morgan fingerprint density at radius 3 is 2.58 bits per heavy atom. The van der Waals surface area contributed by atoms with E-state index in [0.29, 0.717) is 16.9 Å². The molecule has 2 aromatic rings. The number of aromatic hydroxyl groups is 1. The molecular formula is C21H20O5. The Morgan fingerprint density at radius 2 is 1.92 bits per heavy atom. The first-order valence-corrected chi connectivity index (χ1v) is 8.15. The smallest absolute Gasteiger partial charge is 0.197 e. The van der Waals surface area contributed by atoms with Crippen molar-refractivity contribution < 1.29 is 24.5 Å². The predicted octanol–water partition coefficient (Wildman–Crippen LogP) is 4.37. The SMILES string of the molecule is COc1cc2c(c(O)c1C(=O)C=C(O)c1ccccc1)C=CC(C)(C)O2. The monoisotopic (exact) mass is 352 g/mol. The highest BCUT2D eigenvalue weighted by Gasteiger charge is 2.28. The van der Waals surface area contributed by atoms with Crippen molar-refractivity contribution in [2.45, 2.75) is 19.4 Å². The lowest BCUT2D eigenvalue weighted by molar-refractivity contribution is 0.104. The second-order valence-corrected chi connectivity index (χ2v) is 6.51. The molecule has 0 spiro atoms. The van der Waals surface area contributed by atoms with Crippen molar-refractivity contribution in [3.63, 3.8) is 0 Å². The molecule has 0 aromatic heterocycles. The van der Waals surface area contributed by atoms with Gasteiger partial charge in [-0.2, -0.15) is 0 Å². The summed E-state index contributed by atoms with van der Waals surface area (Å²) >= 11 is 0. The Morgan fingerprint density at radius 1 is 1.23 bits per heavy atom. The number of benzene rings is 2. The van der Waals surface area contributed by atoms with Gasteiger partial charge in [0.05, 0.1) is 12.7 Å². The van der Waals surface area contributed by atoms with Gasteiger partial charge in [-0.3, -0.25) is 4.79 Å². The molecule has 1 aliphatic rings. The summed E-state index contributed by atoms with van der Waals surface area (Å²) in [5.74, 6) is -0.397. The van der Waals surface area contributed by atoms with Gasteiger partial charge in [-0.25, -0.2) is 0 Å². The Bertz CT molecular complexity index is 908. The number of methoxy groups -OCH3 is 1. The summed E-state index contributed by atoms with van der Waals surface area (Å²) in [6, 6.07) is 10.3. The van der Waals surface area contributed by atoms with Crippen molar-refractivity contribution in [2.24, 2.45) is 0 Å². The topological polar surface area (TPSA) is 76.0 Å². The highest BCUT2D eigenvalue weighted by Crippen LogP contribution is 2.43. The quantitative estimate of drug-likeness (QED) is 0.485.